The lowest BCUT2D eigenvalue weighted by molar-refractivity contribution is -0.165. The maximum atomic E-state index is 11.6. The van der Waals surface area contributed by atoms with E-state index < -0.39 is 35.3 Å². The zero-order valence-electron chi connectivity index (χ0n) is 11.0. The molecule has 18 heavy (non-hydrogen) atoms. The molecule has 0 bridgehead atoms. The van der Waals surface area contributed by atoms with E-state index in [-0.39, 0.29) is 13.2 Å². The Labute approximate surface area is 106 Å². The number of carbonyl (C=O) groups is 4. The van der Waals surface area contributed by atoms with Crippen LogP contribution < -0.4 is 0 Å². The van der Waals surface area contributed by atoms with Crippen molar-refractivity contribution < 1.29 is 28.7 Å². The molecule has 0 aliphatic carbocycles. The summed E-state index contributed by atoms with van der Waals surface area (Å²) in [5.41, 5.74) is 0. The molecule has 0 spiro atoms. The molecule has 0 saturated heterocycles. The van der Waals surface area contributed by atoms with Gasteiger partial charge in [0.05, 0.1) is 13.2 Å². The predicted molar refractivity (Wildman–Crippen MR) is 61.6 cm³/mol. The van der Waals surface area contributed by atoms with Gasteiger partial charge in [0.1, 0.15) is 23.4 Å². The average molecular weight is 258 g/mol. The summed E-state index contributed by atoms with van der Waals surface area (Å²) in [6.45, 7) is 5.55. The summed E-state index contributed by atoms with van der Waals surface area (Å²) < 4.78 is 9.41. The molecule has 2 unspecified atom stereocenters. The lowest BCUT2D eigenvalue weighted by Gasteiger charge is -2.19. The average Bonchev–Trinajstić information content (AvgIpc) is 2.24. The molecular weight excluding hydrogens is 240 g/mol. The zero-order chi connectivity index (χ0) is 14.3. The first-order valence-corrected chi connectivity index (χ1v) is 5.70. The highest BCUT2D eigenvalue weighted by Crippen LogP contribution is 2.18. The Morgan fingerprint density at radius 2 is 1.06 bits per heavy atom. The molecule has 2 atom stereocenters. The van der Waals surface area contributed by atoms with Crippen LogP contribution in [0.4, 0.5) is 0 Å². The van der Waals surface area contributed by atoms with Crippen LogP contribution in [0, 0.1) is 11.8 Å². The Morgan fingerprint density at radius 1 is 0.778 bits per heavy atom. The normalized spacial score (nSPS) is 13.3. The van der Waals surface area contributed by atoms with Crippen LogP contribution in [0.25, 0.3) is 0 Å². The molecule has 0 amide bonds. The first-order chi connectivity index (χ1) is 8.36. The molecule has 0 N–H and O–H groups in total. The SMILES string of the molecule is CCOC(=O)C(C(C)=O)C(C(C)=O)C(=O)OCC. The number of rotatable bonds is 7. The van der Waals surface area contributed by atoms with Crippen LogP contribution in [0.2, 0.25) is 0 Å². The van der Waals surface area contributed by atoms with Crippen LogP contribution in [0.3, 0.4) is 0 Å². The van der Waals surface area contributed by atoms with E-state index in [1.807, 2.05) is 0 Å². The van der Waals surface area contributed by atoms with Gasteiger partial charge in [-0.25, -0.2) is 0 Å². The minimum absolute atomic E-state index is 0.0655. The highest BCUT2D eigenvalue weighted by Gasteiger charge is 2.42. The molecule has 0 saturated carbocycles. The van der Waals surface area contributed by atoms with Crippen molar-refractivity contribution in [3.63, 3.8) is 0 Å². The van der Waals surface area contributed by atoms with Gasteiger partial charge >= 0.3 is 11.9 Å². The van der Waals surface area contributed by atoms with Crippen LogP contribution in [-0.4, -0.2) is 36.7 Å². The van der Waals surface area contributed by atoms with Gasteiger partial charge in [-0.1, -0.05) is 0 Å². The van der Waals surface area contributed by atoms with Crippen molar-refractivity contribution in [2.45, 2.75) is 27.7 Å². The van der Waals surface area contributed by atoms with E-state index in [4.69, 9.17) is 9.47 Å². The van der Waals surface area contributed by atoms with Crippen LogP contribution in [-0.2, 0) is 28.7 Å². The number of Topliss-reactive ketones (excluding diaryl/α,β-unsaturated/α-hetero) is 2. The van der Waals surface area contributed by atoms with E-state index in [1.54, 1.807) is 13.8 Å². The second-order valence-electron chi connectivity index (χ2n) is 3.68. The van der Waals surface area contributed by atoms with Gasteiger partial charge in [-0.05, 0) is 27.7 Å². The fourth-order valence-corrected chi connectivity index (χ4v) is 1.54. The van der Waals surface area contributed by atoms with E-state index in [2.05, 4.69) is 0 Å². The van der Waals surface area contributed by atoms with Gasteiger partial charge in [-0.15, -0.1) is 0 Å². The number of hydrogen-bond acceptors (Lipinski definition) is 6. The van der Waals surface area contributed by atoms with Gasteiger partial charge in [0.15, 0.2) is 0 Å². The summed E-state index contributed by atoms with van der Waals surface area (Å²) >= 11 is 0. The second kappa shape index (κ2) is 7.58. The second-order valence-corrected chi connectivity index (χ2v) is 3.68. The van der Waals surface area contributed by atoms with Crippen molar-refractivity contribution in [3.8, 4) is 0 Å². The summed E-state index contributed by atoms with van der Waals surface area (Å²) in [5.74, 6) is -5.80. The molecule has 102 valence electrons. The topological polar surface area (TPSA) is 86.7 Å². The molecule has 0 aliphatic rings. The minimum Gasteiger partial charge on any atom is -0.465 e. The number of hydrogen-bond donors (Lipinski definition) is 0. The van der Waals surface area contributed by atoms with Gasteiger partial charge in [0, 0.05) is 0 Å². The Morgan fingerprint density at radius 3 is 1.22 bits per heavy atom. The summed E-state index contributed by atoms with van der Waals surface area (Å²) in [6, 6.07) is 0. The van der Waals surface area contributed by atoms with E-state index in [9.17, 15) is 19.2 Å². The molecular formula is C12H18O6. The summed E-state index contributed by atoms with van der Waals surface area (Å²) in [4.78, 5) is 46.2. The Kier molecular flexibility index (Phi) is 6.85. The summed E-state index contributed by atoms with van der Waals surface area (Å²) in [6.07, 6.45) is 0. The Hall–Kier alpha value is -1.72. The lowest BCUT2D eigenvalue weighted by atomic mass is 9.86. The van der Waals surface area contributed by atoms with Gasteiger partial charge in [-0.2, -0.15) is 0 Å². The Balaban J connectivity index is 5.24. The fraction of sp³-hybridized carbons (Fsp3) is 0.667. The molecule has 0 radical (unpaired) electrons. The van der Waals surface area contributed by atoms with E-state index in [0.29, 0.717) is 0 Å². The number of ketones is 2. The van der Waals surface area contributed by atoms with Crippen molar-refractivity contribution in [2.24, 2.45) is 11.8 Å². The number of esters is 2. The van der Waals surface area contributed by atoms with E-state index >= 15 is 0 Å². The maximum Gasteiger partial charge on any atom is 0.317 e. The van der Waals surface area contributed by atoms with Crippen molar-refractivity contribution in [3.05, 3.63) is 0 Å². The molecule has 0 aromatic rings. The monoisotopic (exact) mass is 258 g/mol. The molecule has 0 aliphatic heterocycles. The highest BCUT2D eigenvalue weighted by atomic mass is 16.5. The molecule has 0 aromatic carbocycles. The van der Waals surface area contributed by atoms with Crippen LogP contribution in [0.1, 0.15) is 27.7 Å². The fourth-order valence-electron chi connectivity index (χ4n) is 1.54. The zero-order valence-corrected chi connectivity index (χ0v) is 11.0. The molecule has 0 fully saturated rings. The third kappa shape index (κ3) is 4.27. The van der Waals surface area contributed by atoms with Crippen LogP contribution in [0.15, 0.2) is 0 Å². The predicted octanol–water partition coefficient (Wildman–Crippen LogP) is 0.523. The van der Waals surface area contributed by atoms with Crippen molar-refractivity contribution in [2.75, 3.05) is 13.2 Å². The van der Waals surface area contributed by atoms with Crippen LogP contribution in [0.5, 0.6) is 0 Å². The summed E-state index contributed by atoms with van der Waals surface area (Å²) in [5, 5.41) is 0. The first-order valence-electron chi connectivity index (χ1n) is 5.70. The van der Waals surface area contributed by atoms with E-state index in [0.717, 1.165) is 13.8 Å². The minimum atomic E-state index is -1.43. The van der Waals surface area contributed by atoms with Gasteiger partial charge in [0.25, 0.3) is 0 Å². The maximum absolute atomic E-state index is 11.6. The molecule has 0 rings (SSSR count). The molecule has 6 heteroatoms. The van der Waals surface area contributed by atoms with Gasteiger partial charge in [-0.3, -0.25) is 19.2 Å². The quantitative estimate of drug-likeness (QED) is 0.489. The third-order valence-corrected chi connectivity index (χ3v) is 2.29. The molecule has 0 heterocycles. The molecule has 0 aromatic heterocycles. The van der Waals surface area contributed by atoms with E-state index in [1.165, 1.54) is 0 Å². The largest absolute Gasteiger partial charge is 0.465 e. The summed E-state index contributed by atoms with van der Waals surface area (Å²) in [7, 11) is 0. The van der Waals surface area contributed by atoms with Crippen molar-refractivity contribution in [1.82, 2.24) is 0 Å². The Bertz CT molecular complexity index is 312. The smallest absolute Gasteiger partial charge is 0.317 e. The number of carbonyl (C=O) groups excluding carboxylic acids is 4. The van der Waals surface area contributed by atoms with Gasteiger partial charge < -0.3 is 9.47 Å². The standard InChI is InChI=1S/C12H18O6/c1-5-17-11(15)9(7(3)13)10(8(4)14)12(16)18-6-2/h9-10H,5-6H2,1-4H3. The lowest BCUT2D eigenvalue weighted by Crippen LogP contribution is -2.40. The van der Waals surface area contributed by atoms with Gasteiger partial charge in [0.2, 0.25) is 0 Å². The third-order valence-electron chi connectivity index (χ3n) is 2.29. The highest BCUT2D eigenvalue weighted by molar-refractivity contribution is 6.10. The molecule has 6 nitrogen and oxygen atoms in total. The van der Waals surface area contributed by atoms with Crippen molar-refractivity contribution >= 4 is 23.5 Å². The van der Waals surface area contributed by atoms with Crippen LogP contribution >= 0.6 is 0 Å². The number of ether oxygens (including phenoxy) is 2. The first kappa shape index (κ1) is 16.3. The van der Waals surface area contributed by atoms with Crippen molar-refractivity contribution in [1.29, 1.82) is 0 Å².